The van der Waals surface area contributed by atoms with Crippen molar-refractivity contribution in [3.63, 3.8) is 0 Å². The predicted molar refractivity (Wildman–Crippen MR) is 65.0 cm³/mol. The summed E-state index contributed by atoms with van der Waals surface area (Å²) in [7, 11) is 2.15. The van der Waals surface area contributed by atoms with Crippen LogP contribution in [0, 0.1) is 5.92 Å². The molecule has 4 heteroatoms. The zero-order valence-electron chi connectivity index (χ0n) is 10.5. The first-order chi connectivity index (χ1) is 7.61. The molecule has 0 aliphatic carbocycles. The first kappa shape index (κ1) is 11.6. The van der Waals surface area contributed by atoms with E-state index in [0.717, 1.165) is 31.7 Å². The molecular weight excluding hydrogens is 200 g/mol. The van der Waals surface area contributed by atoms with E-state index in [2.05, 4.69) is 30.4 Å². The SMILES string of the molecule is CC(C)Cc1nc(CN)c2n1CCN(C)C2. The molecule has 1 aliphatic rings. The van der Waals surface area contributed by atoms with Crippen LogP contribution in [0.3, 0.4) is 0 Å². The molecule has 0 radical (unpaired) electrons. The van der Waals surface area contributed by atoms with Gasteiger partial charge in [-0.2, -0.15) is 0 Å². The Kier molecular flexibility index (Phi) is 3.30. The topological polar surface area (TPSA) is 47.1 Å². The molecule has 0 bridgehead atoms. The lowest BCUT2D eigenvalue weighted by molar-refractivity contribution is 0.265. The Morgan fingerprint density at radius 1 is 1.38 bits per heavy atom. The molecule has 0 unspecified atom stereocenters. The van der Waals surface area contributed by atoms with Crippen molar-refractivity contribution in [2.45, 2.75) is 39.9 Å². The second-order valence-electron chi connectivity index (χ2n) is 5.11. The van der Waals surface area contributed by atoms with Crippen molar-refractivity contribution < 1.29 is 0 Å². The summed E-state index contributed by atoms with van der Waals surface area (Å²) in [5.74, 6) is 1.87. The number of rotatable bonds is 3. The Labute approximate surface area is 97.4 Å². The minimum absolute atomic E-state index is 0.557. The molecule has 16 heavy (non-hydrogen) atoms. The molecule has 90 valence electrons. The lowest BCUT2D eigenvalue weighted by Gasteiger charge is -2.26. The van der Waals surface area contributed by atoms with Crippen LogP contribution in [0.15, 0.2) is 0 Å². The minimum atomic E-state index is 0.557. The Morgan fingerprint density at radius 2 is 2.12 bits per heavy atom. The van der Waals surface area contributed by atoms with Gasteiger partial charge >= 0.3 is 0 Å². The number of likely N-dealkylation sites (N-methyl/N-ethyl adjacent to an activating group) is 1. The van der Waals surface area contributed by atoms with Gasteiger partial charge in [-0.05, 0) is 13.0 Å². The molecule has 2 heterocycles. The zero-order valence-corrected chi connectivity index (χ0v) is 10.5. The monoisotopic (exact) mass is 222 g/mol. The first-order valence-electron chi connectivity index (χ1n) is 6.07. The number of imidazole rings is 1. The van der Waals surface area contributed by atoms with Gasteiger partial charge in [0.2, 0.25) is 0 Å². The Hall–Kier alpha value is -0.870. The molecule has 0 saturated carbocycles. The maximum absolute atomic E-state index is 5.77. The molecule has 0 spiro atoms. The molecule has 1 aliphatic heterocycles. The summed E-state index contributed by atoms with van der Waals surface area (Å²) >= 11 is 0. The highest BCUT2D eigenvalue weighted by Crippen LogP contribution is 2.20. The van der Waals surface area contributed by atoms with Crippen LogP contribution in [0.25, 0.3) is 0 Å². The van der Waals surface area contributed by atoms with E-state index in [-0.39, 0.29) is 0 Å². The number of nitrogens with zero attached hydrogens (tertiary/aromatic N) is 3. The lowest BCUT2D eigenvalue weighted by atomic mass is 10.1. The van der Waals surface area contributed by atoms with E-state index in [4.69, 9.17) is 10.7 Å². The highest BCUT2D eigenvalue weighted by Gasteiger charge is 2.21. The van der Waals surface area contributed by atoms with Crippen LogP contribution in [-0.2, 0) is 26.1 Å². The van der Waals surface area contributed by atoms with E-state index in [1.165, 1.54) is 11.5 Å². The standard InChI is InChI=1S/C12H22N4/c1-9(2)6-12-14-10(7-13)11-8-15(3)4-5-16(11)12/h9H,4-8,13H2,1-3H3. The second kappa shape index (κ2) is 4.55. The molecule has 0 atom stereocenters. The molecule has 2 N–H and O–H groups in total. The normalized spacial score (nSPS) is 16.8. The Balaban J connectivity index is 2.34. The van der Waals surface area contributed by atoms with Gasteiger partial charge in [0.15, 0.2) is 0 Å². The summed E-state index contributed by atoms with van der Waals surface area (Å²) in [5, 5.41) is 0. The second-order valence-corrected chi connectivity index (χ2v) is 5.11. The van der Waals surface area contributed by atoms with Gasteiger partial charge in [-0.1, -0.05) is 13.8 Å². The molecule has 1 aromatic heterocycles. The number of fused-ring (bicyclic) bond motifs is 1. The van der Waals surface area contributed by atoms with Gasteiger partial charge in [-0.3, -0.25) is 4.90 Å². The Morgan fingerprint density at radius 3 is 2.75 bits per heavy atom. The van der Waals surface area contributed by atoms with Gasteiger partial charge in [0.05, 0.1) is 11.4 Å². The molecule has 0 amide bonds. The Bertz CT molecular complexity index is 367. The highest BCUT2D eigenvalue weighted by molar-refractivity contribution is 5.19. The van der Waals surface area contributed by atoms with Crippen molar-refractivity contribution in [3.8, 4) is 0 Å². The number of nitrogens with two attached hydrogens (primary N) is 1. The average molecular weight is 222 g/mol. The average Bonchev–Trinajstić information content (AvgIpc) is 2.55. The van der Waals surface area contributed by atoms with Crippen molar-refractivity contribution in [2.24, 2.45) is 11.7 Å². The van der Waals surface area contributed by atoms with E-state index in [9.17, 15) is 0 Å². The fourth-order valence-electron chi connectivity index (χ4n) is 2.32. The van der Waals surface area contributed by atoms with E-state index < -0.39 is 0 Å². The van der Waals surface area contributed by atoms with E-state index >= 15 is 0 Å². The van der Waals surface area contributed by atoms with Crippen LogP contribution in [0.1, 0.15) is 31.1 Å². The van der Waals surface area contributed by atoms with Gasteiger partial charge in [0, 0.05) is 32.6 Å². The summed E-state index contributed by atoms with van der Waals surface area (Å²) in [5.41, 5.74) is 8.18. The van der Waals surface area contributed by atoms with Crippen LogP contribution in [0.4, 0.5) is 0 Å². The van der Waals surface area contributed by atoms with E-state index in [1.807, 2.05) is 0 Å². The molecule has 4 nitrogen and oxygen atoms in total. The fourth-order valence-corrected chi connectivity index (χ4v) is 2.32. The van der Waals surface area contributed by atoms with Crippen LogP contribution >= 0.6 is 0 Å². The quantitative estimate of drug-likeness (QED) is 0.829. The van der Waals surface area contributed by atoms with E-state index in [1.54, 1.807) is 0 Å². The molecule has 2 rings (SSSR count). The summed E-state index contributed by atoms with van der Waals surface area (Å²) in [6.45, 7) is 8.18. The van der Waals surface area contributed by atoms with Crippen molar-refractivity contribution in [1.29, 1.82) is 0 Å². The van der Waals surface area contributed by atoms with Gasteiger partial charge in [0.1, 0.15) is 5.82 Å². The smallest absolute Gasteiger partial charge is 0.109 e. The van der Waals surface area contributed by atoms with Gasteiger partial charge in [-0.25, -0.2) is 4.98 Å². The summed E-state index contributed by atoms with van der Waals surface area (Å²) in [6, 6.07) is 0. The highest BCUT2D eigenvalue weighted by atomic mass is 15.2. The molecule has 0 aromatic carbocycles. The van der Waals surface area contributed by atoms with Gasteiger partial charge < -0.3 is 10.3 Å². The molecule has 1 aromatic rings. The third-order valence-electron chi connectivity index (χ3n) is 3.14. The lowest BCUT2D eigenvalue weighted by Crippen LogP contribution is -2.31. The number of hydrogen-bond donors (Lipinski definition) is 1. The number of hydrogen-bond acceptors (Lipinski definition) is 3. The van der Waals surface area contributed by atoms with E-state index in [0.29, 0.717) is 12.5 Å². The van der Waals surface area contributed by atoms with Crippen molar-refractivity contribution >= 4 is 0 Å². The maximum atomic E-state index is 5.77. The minimum Gasteiger partial charge on any atom is -0.329 e. The van der Waals surface area contributed by atoms with Crippen molar-refractivity contribution in [2.75, 3.05) is 13.6 Å². The largest absolute Gasteiger partial charge is 0.329 e. The van der Waals surface area contributed by atoms with Crippen molar-refractivity contribution in [1.82, 2.24) is 14.5 Å². The molecule has 0 fully saturated rings. The molecule has 0 saturated heterocycles. The third-order valence-corrected chi connectivity index (χ3v) is 3.14. The summed E-state index contributed by atoms with van der Waals surface area (Å²) in [4.78, 5) is 7.02. The first-order valence-corrected chi connectivity index (χ1v) is 6.07. The molecular formula is C12H22N4. The maximum Gasteiger partial charge on any atom is 0.109 e. The van der Waals surface area contributed by atoms with Gasteiger partial charge in [-0.15, -0.1) is 0 Å². The van der Waals surface area contributed by atoms with Crippen molar-refractivity contribution in [3.05, 3.63) is 17.2 Å². The van der Waals surface area contributed by atoms with Crippen LogP contribution in [0.5, 0.6) is 0 Å². The third kappa shape index (κ3) is 2.13. The predicted octanol–water partition coefficient (Wildman–Crippen LogP) is 0.986. The van der Waals surface area contributed by atoms with Crippen LogP contribution in [0.2, 0.25) is 0 Å². The summed E-state index contributed by atoms with van der Waals surface area (Å²) in [6.07, 6.45) is 1.05. The van der Waals surface area contributed by atoms with Crippen LogP contribution < -0.4 is 5.73 Å². The van der Waals surface area contributed by atoms with Gasteiger partial charge in [0.25, 0.3) is 0 Å². The summed E-state index contributed by atoms with van der Waals surface area (Å²) < 4.78 is 2.38. The fraction of sp³-hybridized carbons (Fsp3) is 0.750. The van der Waals surface area contributed by atoms with Crippen LogP contribution in [-0.4, -0.2) is 28.0 Å². The number of aromatic nitrogens is 2. The zero-order chi connectivity index (χ0) is 11.7.